The van der Waals surface area contributed by atoms with Crippen LogP contribution in [0.3, 0.4) is 0 Å². The molecule has 0 saturated heterocycles. The molecule has 2 amide bonds. The molecule has 0 radical (unpaired) electrons. The first-order chi connectivity index (χ1) is 13.7. The van der Waals surface area contributed by atoms with E-state index in [1.807, 2.05) is 6.92 Å². The molecule has 0 unspecified atom stereocenters. The van der Waals surface area contributed by atoms with E-state index in [1.165, 1.54) is 12.5 Å². The number of aromatic nitrogens is 5. The maximum atomic E-state index is 12.5. The Morgan fingerprint density at radius 3 is 3.00 bits per heavy atom. The van der Waals surface area contributed by atoms with E-state index in [9.17, 15) is 9.59 Å². The van der Waals surface area contributed by atoms with Crippen molar-refractivity contribution in [2.45, 2.75) is 51.3 Å². The summed E-state index contributed by atoms with van der Waals surface area (Å²) in [6, 6.07) is -0.117. The first-order valence-corrected chi connectivity index (χ1v) is 9.68. The average molecular weight is 389 g/mol. The summed E-state index contributed by atoms with van der Waals surface area (Å²) in [5.41, 5.74) is 0.488. The number of amides is 2. The molecule has 2 heterocycles. The van der Waals surface area contributed by atoms with Crippen LogP contribution in [0.15, 0.2) is 25.0 Å². The molecule has 10 nitrogen and oxygen atoms in total. The molecule has 0 aliphatic heterocycles. The normalized spacial score (nSPS) is 22.0. The fourth-order valence-corrected chi connectivity index (χ4v) is 3.40. The number of carbonyl (C=O) groups is 2. The molecule has 1 fully saturated rings. The number of nitrogens with zero attached hydrogens (tertiary/aromatic N) is 4. The van der Waals surface area contributed by atoms with Crippen LogP contribution in [-0.4, -0.2) is 62.1 Å². The number of rotatable bonds is 9. The third kappa shape index (κ3) is 5.38. The number of hydrogen-bond donors (Lipinski definition) is 3. The lowest BCUT2D eigenvalue weighted by molar-refractivity contribution is -0.128. The van der Waals surface area contributed by atoms with Gasteiger partial charge >= 0.3 is 0 Å². The Balaban J connectivity index is 1.51. The molecule has 3 atom stereocenters. The van der Waals surface area contributed by atoms with Crippen LogP contribution in [0.1, 0.15) is 43.0 Å². The van der Waals surface area contributed by atoms with E-state index in [4.69, 9.17) is 4.74 Å². The van der Waals surface area contributed by atoms with E-state index >= 15 is 0 Å². The van der Waals surface area contributed by atoms with Crippen LogP contribution in [0.5, 0.6) is 0 Å². The minimum absolute atomic E-state index is 0.0184. The van der Waals surface area contributed by atoms with Crippen molar-refractivity contribution in [1.29, 1.82) is 0 Å². The van der Waals surface area contributed by atoms with Gasteiger partial charge in [-0.25, -0.2) is 4.98 Å². The molecule has 3 N–H and O–H groups in total. The standard InChI is InChI=1S/C18H27N7O3/c1-2-7-28-16-8-13(17(26)20-5-6-25-12-19-11-23-25)3-4-15(16)24-18(27)14-9-21-22-10-14/h9-13,15-16H,2-8H2,1H3,(H,20,26)(H,21,22)(H,24,27)/t13-,15+,16+/m0/s1. The van der Waals surface area contributed by atoms with Gasteiger partial charge in [0.15, 0.2) is 0 Å². The van der Waals surface area contributed by atoms with E-state index in [2.05, 4.69) is 30.9 Å². The molecule has 0 spiro atoms. The highest BCUT2D eigenvalue weighted by atomic mass is 16.5. The quantitative estimate of drug-likeness (QED) is 0.574. The van der Waals surface area contributed by atoms with E-state index < -0.39 is 0 Å². The zero-order chi connectivity index (χ0) is 19.8. The van der Waals surface area contributed by atoms with Crippen molar-refractivity contribution in [2.75, 3.05) is 13.2 Å². The number of carbonyl (C=O) groups excluding carboxylic acids is 2. The third-order valence-corrected chi connectivity index (χ3v) is 4.88. The third-order valence-electron chi connectivity index (χ3n) is 4.88. The van der Waals surface area contributed by atoms with Gasteiger partial charge in [-0.2, -0.15) is 10.2 Å². The van der Waals surface area contributed by atoms with Crippen LogP contribution in [0.2, 0.25) is 0 Å². The van der Waals surface area contributed by atoms with Gasteiger partial charge in [0, 0.05) is 25.3 Å². The van der Waals surface area contributed by atoms with Crippen LogP contribution in [0, 0.1) is 5.92 Å². The highest BCUT2D eigenvalue weighted by molar-refractivity contribution is 5.93. The SMILES string of the molecule is CCCO[C@@H]1C[C@@H](C(=O)NCCn2cncn2)CC[C@H]1NC(=O)c1cn[nH]c1. The first kappa shape index (κ1) is 20.0. The number of nitrogens with one attached hydrogen (secondary N) is 3. The van der Waals surface area contributed by atoms with Crippen LogP contribution >= 0.6 is 0 Å². The Bertz CT molecular complexity index is 732. The van der Waals surface area contributed by atoms with E-state index in [0.29, 0.717) is 44.5 Å². The van der Waals surface area contributed by atoms with E-state index in [1.54, 1.807) is 17.2 Å². The average Bonchev–Trinajstić information content (AvgIpc) is 3.41. The predicted octanol–water partition coefficient (Wildman–Crippen LogP) is 0.511. The topological polar surface area (TPSA) is 127 Å². The van der Waals surface area contributed by atoms with Gasteiger partial charge in [-0.3, -0.25) is 19.4 Å². The van der Waals surface area contributed by atoms with Gasteiger partial charge in [0.05, 0.1) is 30.5 Å². The highest BCUT2D eigenvalue weighted by Crippen LogP contribution is 2.27. The molecule has 28 heavy (non-hydrogen) atoms. The van der Waals surface area contributed by atoms with Gasteiger partial charge < -0.3 is 15.4 Å². The molecule has 1 aliphatic rings. The maximum Gasteiger partial charge on any atom is 0.254 e. The van der Waals surface area contributed by atoms with Gasteiger partial charge in [0.25, 0.3) is 5.91 Å². The van der Waals surface area contributed by atoms with E-state index in [-0.39, 0.29) is 29.9 Å². The van der Waals surface area contributed by atoms with Crippen LogP contribution in [0.4, 0.5) is 0 Å². The summed E-state index contributed by atoms with van der Waals surface area (Å²) in [4.78, 5) is 28.8. The lowest BCUT2D eigenvalue weighted by Gasteiger charge is -2.35. The maximum absolute atomic E-state index is 12.5. The lowest BCUT2D eigenvalue weighted by Crippen LogP contribution is -2.50. The lowest BCUT2D eigenvalue weighted by atomic mass is 9.83. The number of aromatic amines is 1. The number of ether oxygens (including phenoxy) is 1. The zero-order valence-electron chi connectivity index (χ0n) is 16.0. The van der Waals surface area contributed by atoms with E-state index in [0.717, 1.165) is 6.42 Å². The number of H-pyrrole nitrogens is 1. The Morgan fingerprint density at radius 2 is 2.29 bits per heavy atom. The summed E-state index contributed by atoms with van der Waals surface area (Å²) >= 11 is 0. The minimum Gasteiger partial charge on any atom is -0.376 e. The molecular formula is C18H27N7O3. The monoisotopic (exact) mass is 389 g/mol. The summed E-state index contributed by atoms with van der Waals surface area (Å²) in [5, 5.41) is 16.5. The van der Waals surface area contributed by atoms with Crippen LogP contribution in [0.25, 0.3) is 0 Å². The summed E-state index contributed by atoms with van der Waals surface area (Å²) in [5.74, 6) is -0.288. The van der Waals surface area contributed by atoms with Crippen molar-refractivity contribution < 1.29 is 14.3 Å². The van der Waals surface area contributed by atoms with Crippen molar-refractivity contribution in [3.05, 3.63) is 30.6 Å². The molecule has 3 rings (SSSR count). The summed E-state index contributed by atoms with van der Waals surface area (Å²) in [7, 11) is 0. The largest absolute Gasteiger partial charge is 0.376 e. The van der Waals surface area contributed by atoms with Gasteiger partial charge in [-0.15, -0.1) is 0 Å². The van der Waals surface area contributed by atoms with Crippen molar-refractivity contribution in [3.8, 4) is 0 Å². The van der Waals surface area contributed by atoms with Crippen molar-refractivity contribution in [3.63, 3.8) is 0 Å². The second-order valence-corrected chi connectivity index (χ2v) is 6.94. The summed E-state index contributed by atoms with van der Waals surface area (Å²) < 4.78 is 7.64. The molecule has 1 aliphatic carbocycles. The summed E-state index contributed by atoms with van der Waals surface area (Å²) in [6.45, 7) is 3.72. The molecule has 0 bridgehead atoms. The zero-order valence-corrected chi connectivity index (χ0v) is 16.0. The van der Waals surface area contributed by atoms with Crippen LogP contribution in [-0.2, 0) is 16.1 Å². The second-order valence-electron chi connectivity index (χ2n) is 6.94. The van der Waals surface area contributed by atoms with Gasteiger partial charge in [0.2, 0.25) is 5.91 Å². The highest BCUT2D eigenvalue weighted by Gasteiger charge is 2.35. The molecule has 10 heteroatoms. The smallest absolute Gasteiger partial charge is 0.254 e. The molecule has 1 saturated carbocycles. The Hall–Kier alpha value is -2.75. The van der Waals surface area contributed by atoms with Crippen molar-refractivity contribution in [1.82, 2.24) is 35.6 Å². The fraction of sp³-hybridized carbons (Fsp3) is 0.611. The Labute approximate surface area is 163 Å². The molecule has 152 valence electrons. The fourth-order valence-electron chi connectivity index (χ4n) is 3.40. The molecule has 2 aromatic heterocycles. The van der Waals surface area contributed by atoms with Gasteiger partial charge in [-0.05, 0) is 25.7 Å². The predicted molar refractivity (Wildman–Crippen MR) is 100 cm³/mol. The van der Waals surface area contributed by atoms with Gasteiger partial charge in [0.1, 0.15) is 12.7 Å². The minimum atomic E-state index is -0.185. The summed E-state index contributed by atoms with van der Waals surface area (Å²) in [6.07, 6.45) is 8.83. The van der Waals surface area contributed by atoms with Crippen molar-refractivity contribution >= 4 is 11.8 Å². The second kappa shape index (κ2) is 9.98. The molecule has 2 aromatic rings. The van der Waals surface area contributed by atoms with Crippen LogP contribution < -0.4 is 10.6 Å². The molecule has 0 aromatic carbocycles. The number of hydrogen-bond acceptors (Lipinski definition) is 6. The Morgan fingerprint density at radius 1 is 1.39 bits per heavy atom. The Kier molecular flexibility index (Phi) is 7.12. The molecular weight excluding hydrogens is 362 g/mol. The van der Waals surface area contributed by atoms with Gasteiger partial charge in [-0.1, -0.05) is 6.92 Å². The first-order valence-electron chi connectivity index (χ1n) is 9.68. The van der Waals surface area contributed by atoms with Crippen molar-refractivity contribution in [2.24, 2.45) is 5.92 Å².